The minimum atomic E-state index is -0.836. The fraction of sp³-hybridized carbons (Fsp3) is 0.529. The Kier molecular flexibility index (Phi) is 4.90. The minimum absolute atomic E-state index is 0.366. The fourth-order valence-electron chi connectivity index (χ4n) is 2.90. The van der Waals surface area contributed by atoms with E-state index in [9.17, 15) is 9.59 Å². The summed E-state index contributed by atoms with van der Waals surface area (Å²) in [7, 11) is 0. The molecule has 0 aromatic heterocycles. The predicted octanol–water partition coefficient (Wildman–Crippen LogP) is 3.09. The number of primary amides is 1. The van der Waals surface area contributed by atoms with E-state index in [4.69, 9.17) is 22.1 Å². The highest BCUT2D eigenvalue weighted by Gasteiger charge is 2.44. The second-order valence-corrected chi connectivity index (χ2v) is 7.30. The third-order valence-corrected chi connectivity index (χ3v) is 4.46. The highest BCUT2D eigenvalue weighted by Crippen LogP contribution is 2.39. The third-order valence-electron chi connectivity index (χ3n) is 4.13. The lowest BCUT2D eigenvalue weighted by atomic mass is 9.72. The van der Waals surface area contributed by atoms with E-state index in [0.29, 0.717) is 31.0 Å². The van der Waals surface area contributed by atoms with E-state index in [0.717, 1.165) is 5.56 Å². The molecule has 1 aliphatic heterocycles. The lowest BCUT2D eigenvalue weighted by Crippen LogP contribution is -2.52. The van der Waals surface area contributed by atoms with Crippen LogP contribution in [0, 0.1) is 0 Å². The maximum absolute atomic E-state index is 12.2. The highest BCUT2D eigenvalue weighted by atomic mass is 35.5. The van der Waals surface area contributed by atoms with Gasteiger partial charge in [-0.05, 0) is 45.2 Å². The Morgan fingerprint density at radius 3 is 2.26 bits per heavy atom. The number of rotatable bonds is 2. The van der Waals surface area contributed by atoms with Crippen molar-refractivity contribution in [1.82, 2.24) is 4.90 Å². The molecule has 2 rings (SSSR count). The molecule has 1 saturated heterocycles. The van der Waals surface area contributed by atoms with Crippen molar-refractivity contribution < 1.29 is 14.3 Å². The van der Waals surface area contributed by atoms with E-state index in [1.54, 1.807) is 11.0 Å². The Morgan fingerprint density at radius 1 is 1.22 bits per heavy atom. The summed E-state index contributed by atoms with van der Waals surface area (Å²) >= 11 is 6.26. The SMILES string of the molecule is CC(C)(C)OC(=O)N1CCC(C(N)=O)(c2ccccc2Cl)CC1. The van der Waals surface area contributed by atoms with Crippen LogP contribution in [0.25, 0.3) is 0 Å². The lowest BCUT2D eigenvalue weighted by molar-refractivity contribution is -0.125. The molecule has 0 atom stereocenters. The Bertz CT molecular complexity index is 602. The van der Waals surface area contributed by atoms with Gasteiger partial charge < -0.3 is 15.4 Å². The van der Waals surface area contributed by atoms with Crippen molar-refractivity contribution in [3.63, 3.8) is 0 Å². The van der Waals surface area contributed by atoms with Gasteiger partial charge in [-0.25, -0.2) is 4.79 Å². The van der Waals surface area contributed by atoms with Crippen molar-refractivity contribution in [3.8, 4) is 0 Å². The topological polar surface area (TPSA) is 72.6 Å². The van der Waals surface area contributed by atoms with Crippen molar-refractivity contribution in [3.05, 3.63) is 34.9 Å². The molecule has 0 saturated carbocycles. The molecule has 1 fully saturated rings. The quantitative estimate of drug-likeness (QED) is 0.900. The molecule has 0 spiro atoms. The van der Waals surface area contributed by atoms with E-state index in [-0.39, 0.29) is 6.09 Å². The first kappa shape index (κ1) is 17.6. The first-order valence-corrected chi connectivity index (χ1v) is 8.06. The maximum atomic E-state index is 12.2. The van der Waals surface area contributed by atoms with Crippen LogP contribution in [0.2, 0.25) is 5.02 Å². The van der Waals surface area contributed by atoms with Crippen molar-refractivity contribution in [2.75, 3.05) is 13.1 Å². The Hall–Kier alpha value is -1.75. The average molecular weight is 339 g/mol. The number of carbonyl (C=O) groups is 2. The zero-order valence-corrected chi connectivity index (χ0v) is 14.5. The van der Waals surface area contributed by atoms with Crippen LogP contribution < -0.4 is 5.73 Å². The first-order chi connectivity index (χ1) is 10.7. The molecule has 0 unspecified atom stereocenters. The van der Waals surface area contributed by atoms with Gasteiger partial charge in [-0.3, -0.25) is 4.79 Å². The molecule has 2 N–H and O–H groups in total. The van der Waals surface area contributed by atoms with Gasteiger partial charge in [0.1, 0.15) is 5.60 Å². The molecule has 2 amide bonds. The average Bonchev–Trinajstić information content (AvgIpc) is 2.46. The molecule has 1 aromatic carbocycles. The molecule has 1 aliphatic rings. The normalized spacial score (nSPS) is 17.7. The van der Waals surface area contributed by atoms with Crippen LogP contribution in [-0.4, -0.2) is 35.6 Å². The zero-order chi connectivity index (χ0) is 17.3. The van der Waals surface area contributed by atoms with Gasteiger partial charge in [0, 0.05) is 18.1 Å². The van der Waals surface area contributed by atoms with E-state index in [2.05, 4.69) is 0 Å². The number of halogens is 1. The number of nitrogens with two attached hydrogens (primary N) is 1. The number of piperidine rings is 1. The summed E-state index contributed by atoms with van der Waals surface area (Å²) in [6.45, 7) is 6.29. The molecule has 23 heavy (non-hydrogen) atoms. The van der Waals surface area contributed by atoms with Crippen molar-refractivity contribution in [2.45, 2.75) is 44.6 Å². The Labute approximate surface area is 141 Å². The monoisotopic (exact) mass is 338 g/mol. The number of carbonyl (C=O) groups excluding carboxylic acids is 2. The number of benzene rings is 1. The van der Waals surface area contributed by atoms with Crippen molar-refractivity contribution in [2.24, 2.45) is 5.73 Å². The molecular weight excluding hydrogens is 316 g/mol. The molecule has 0 bridgehead atoms. The van der Waals surface area contributed by atoms with Gasteiger partial charge in [-0.1, -0.05) is 29.8 Å². The molecule has 1 aromatic rings. The van der Waals surface area contributed by atoms with Gasteiger partial charge in [-0.15, -0.1) is 0 Å². The molecular formula is C17H23ClN2O3. The van der Waals surface area contributed by atoms with Crippen LogP contribution >= 0.6 is 11.6 Å². The lowest BCUT2D eigenvalue weighted by Gasteiger charge is -2.40. The van der Waals surface area contributed by atoms with Crippen LogP contribution in [0.4, 0.5) is 4.79 Å². The summed E-state index contributed by atoms with van der Waals surface area (Å²) in [6, 6.07) is 7.24. The van der Waals surface area contributed by atoms with Crippen LogP contribution in [0.1, 0.15) is 39.2 Å². The number of ether oxygens (including phenoxy) is 1. The largest absolute Gasteiger partial charge is 0.444 e. The Morgan fingerprint density at radius 2 is 1.78 bits per heavy atom. The summed E-state index contributed by atoms with van der Waals surface area (Å²) in [4.78, 5) is 25.9. The first-order valence-electron chi connectivity index (χ1n) is 7.68. The molecule has 0 aliphatic carbocycles. The second-order valence-electron chi connectivity index (χ2n) is 6.89. The molecule has 5 nitrogen and oxygen atoms in total. The zero-order valence-electron chi connectivity index (χ0n) is 13.8. The summed E-state index contributed by atoms with van der Waals surface area (Å²) in [5.41, 5.74) is 5.05. The summed E-state index contributed by atoms with van der Waals surface area (Å²) in [6.07, 6.45) is 0.506. The number of nitrogens with zero attached hydrogens (tertiary/aromatic N) is 1. The number of hydrogen-bond acceptors (Lipinski definition) is 3. The molecule has 1 heterocycles. The predicted molar refractivity (Wildman–Crippen MR) is 89.4 cm³/mol. The van der Waals surface area contributed by atoms with E-state index >= 15 is 0 Å². The standard InChI is InChI=1S/C17H23ClN2O3/c1-16(2,3)23-15(22)20-10-8-17(9-11-20,14(19)21)12-6-4-5-7-13(12)18/h4-7H,8-11H2,1-3H3,(H2,19,21). The third kappa shape index (κ3) is 3.78. The minimum Gasteiger partial charge on any atom is -0.444 e. The number of likely N-dealkylation sites (tertiary alicyclic amines) is 1. The van der Waals surface area contributed by atoms with Gasteiger partial charge in [0.2, 0.25) is 5.91 Å². The number of amides is 2. The summed E-state index contributed by atoms with van der Waals surface area (Å²) in [5.74, 6) is -0.408. The number of hydrogen-bond donors (Lipinski definition) is 1. The van der Waals surface area contributed by atoms with E-state index in [1.165, 1.54) is 0 Å². The van der Waals surface area contributed by atoms with Crippen molar-refractivity contribution >= 4 is 23.6 Å². The van der Waals surface area contributed by atoms with E-state index in [1.807, 2.05) is 39.0 Å². The van der Waals surface area contributed by atoms with Gasteiger partial charge in [-0.2, -0.15) is 0 Å². The van der Waals surface area contributed by atoms with Crippen LogP contribution in [0.15, 0.2) is 24.3 Å². The van der Waals surface area contributed by atoms with Gasteiger partial charge in [0.05, 0.1) is 5.41 Å². The van der Waals surface area contributed by atoms with Crippen LogP contribution in [0.5, 0.6) is 0 Å². The van der Waals surface area contributed by atoms with E-state index < -0.39 is 16.9 Å². The summed E-state index contributed by atoms with van der Waals surface area (Å²) < 4.78 is 5.38. The summed E-state index contributed by atoms with van der Waals surface area (Å²) in [5, 5.41) is 0.525. The smallest absolute Gasteiger partial charge is 0.410 e. The Balaban J connectivity index is 2.18. The van der Waals surface area contributed by atoms with Gasteiger partial charge >= 0.3 is 6.09 Å². The van der Waals surface area contributed by atoms with Crippen molar-refractivity contribution in [1.29, 1.82) is 0 Å². The maximum Gasteiger partial charge on any atom is 0.410 e. The van der Waals surface area contributed by atoms with Gasteiger partial charge in [0.25, 0.3) is 0 Å². The molecule has 6 heteroatoms. The van der Waals surface area contributed by atoms with Crippen LogP contribution in [0.3, 0.4) is 0 Å². The molecule has 126 valence electrons. The van der Waals surface area contributed by atoms with Gasteiger partial charge in [0.15, 0.2) is 0 Å². The fourth-order valence-corrected chi connectivity index (χ4v) is 3.21. The highest BCUT2D eigenvalue weighted by molar-refractivity contribution is 6.31. The second kappa shape index (κ2) is 6.40. The van der Waals surface area contributed by atoms with Crippen LogP contribution in [-0.2, 0) is 14.9 Å². The molecule has 0 radical (unpaired) electrons.